The fraction of sp³-hybridized carbons (Fsp3) is 0.300. The van der Waals surface area contributed by atoms with Crippen molar-refractivity contribution in [3.8, 4) is 0 Å². The first-order valence-electron chi connectivity index (χ1n) is 4.69. The Balaban J connectivity index is 2.70. The van der Waals surface area contributed by atoms with Gasteiger partial charge in [-0.15, -0.1) is 0 Å². The van der Waals surface area contributed by atoms with Gasteiger partial charge in [0.05, 0.1) is 11.4 Å². The maximum absolute atomic E-state index is 10.8. The molecule has 0 saturated heterocycles. The van der Waals surface area contributed by atoms with E-state index in [1.807, 2.05) is 0 Å². The minimum Gasteiger partial charge on any atom is -0.397 e. The van der Waals surface area contributed by atoms with E-state index in [0.29, 0.717) is 24.2 Å². The highest BCUT2D eigenvalue weighted by Gasteiger charge is 2.03. The average molecular weight is 209 g/mol. The molecule has 0 bridgehead atoms. The van der Waals surface area contributed by atoms with Crippen LogP contribution in [0.5, 0.6) is 0 Å². The van der Waals surface area contributed by atoms with Crippen molar-refractivity contribution in [1.29, 1.82) is 0 Å². The molecule has 0 atom stereocenters. The molecule has 0 unspecified atom stereocenters. The predicted octanol–water partition coefficient (Wildman–Crippen LogP) is 0.162. The third-order valence-electron chi connectivity index (χ3n) is 1.99. The Morgan fingerprint density at radius 2 is 2.20 bits per heavy atom. The van der Waals surface area contributed by atoms with E-state index in [0.717, 1.165) is 5.69 Å². The summed E-state index contributed by atoms with van der Waals surface area (Å²) in [4.78, 5) is 10.8. The number of aliphatic hydroxyl groups excluding tert-OH is 1. The fourth-order valence-corrected chi connectivity index (χ4v) is 1.18. The molecule has 0 aliphatic rings. The van der Waals surface area contributed by atoms with Crippen LogP contribution in [0.4, 0.5) is 11.4 Å². The SMILES string of the molecule is NC(=O)c1ccc(NCCCO)c(N)c1. The number of nitrogens with two attached hydrogens (primary N) is 2. The van der Waals surface area contributed by atoms with Crippen LogP contribution >= 0.6 is 0 Å². The number of nitrogen functional groups attached to an aromatic ring is 1. The van der Waals surface area contributed by atoms with Crippen molar-refractivity contribution in [2.45, 2.75) is 6.42 Å². The highest BCUT2D eigenvalue weighted by atomic mass is 16.3. The number of aliphatic hydroxyl groups is 1. The smallest absolute Gasteiger partial charge is 0.248 e. The van der Waals surface area contributed by atoms with Gasteiger partial charge in [-0.3, -0.25) is 4.79 Å². The largest absolute Gasteiger partial charge is 0.397 e. The number of carbonyl (C=O) groups excluding carboxylic acids is 1. The Hall–Kier alpha value is -1.75. The Morgan fingerprint density at radius 1 is 1.47 bits per heavy atom. The van der Waals surface area contributed by atoms with Crippen LogP contribution in [0.3, 0.4) is 0 Å². The molecule has 1 rings (SSSR count). The quantitative estimate of drug-likeness (QED) is 0.410. The van der Waals surface area contributed by atoms with Gasteiger partial charge in [-0.1, -0.05) is 0 Å². The number of primary amides is 1. The van der Waals surface area contributed by atoms with E-state index in [9.17, 15) is 4.79 Å². The molecule has 0 spiro atoms. The molecule has 0 aliphatic heterocycles. The fourth-order valence-electron chi connectivity index (χ4n) is 1.18. The normalized spacial score (nSPS) is 9.93. The van der Waals surface area contributed by atoms with Crippen LogP contribution in [0, 0.1) is 0 Å². The van der Waals surface area contributed by atoms with E-state index in [1.165, 1.54) is 6.07 Å². The Morgan fingerprint density at radius 3 is 2.73 bits per heavy atom. The minimum absolute atomic E-state index is 0.131. The van der Waals surface area contributed by atoms with Crippen LogP contribution in [0.2, 0.25) is 0 Å². The van der Waals surface area contributed by atoms with Gasteiger partial charge in [0, 0.05) is 18.7 Å². The molecule has 1 aromatic rings. The van der Waals surface area contributed by atoms with Crippen LogP contribution in [0.15, 0.2) is 18.2 Å². The van der Waals surface area contributed by atoms with Crippen molar-refractivity contribution >= 4 is 17.3 Å². The van der Waals surface area contributed by atoms with Gasteiger partial charge in [0.15, 0.2) is 0 Å². The number of hydrogen-bond acceptors (Lipinski definition) is 4. The molecule has 5 heteroatoms. The second kappa shape index (κ2) is 5.21. The summed E-state index contributed by atoms with van der Waals surface area (Å²) in [6.45, 7) is 0.767. The van der Waals surface area contributed by atoms with Crippen molar-refractivity contribution in [3.05, 3.63) is 23.8 Å². The number of amides is 1. The number of benzene rings is 1. The minimum atomic E-state index is -0.497. The molecular weight excluding hydrogens is 194 g/mol. The van der Waals surface area contributed by atoms with E-state index in [-0.39, 0.29) is 6.61 Å². The van der Waals surface area contributed by atoms with E-state index in [4.69, 9.17) is 16.6 Å². The second-order valence-electron chi connectivity index (χ2n) is 3.17. The molecule has 15 heavy (non-hydrogen) atoms. The van der Waals surface area contributed by atoms with E-state index in [1.54, 1.807) is 12.1 Å². The van der Waals surface area contributed by atoms with Crippen molar-refractivity contribution in [2.24, 2.45) is 5.73 Å². The first-order valence-corrected chi connectivity index (χ1v) is 4.69. The molecule has 0 saturated carbocycles. The molecule has 0 heterocycles. The number of nitrogens with one attached hydrogen (secondary N) is 1. The highest BCUT2D eigenvalue weighted by Crippen LogP contribution is 2.19. The summed E-state index contributed by atoms with van der Waals surface area (Å²) in [5.41, 5.74) is 12.4. The summed E-state index contributed by atoms with van der Waals surface area (Å²) in [5, 5.41) is 11.6. The molecule has 0 aliphatic carbocycles. The molecule has 1 amide bonds. The monoisotopic (exact) mass is 209 g/mol. The molecule has 6 N–H and O–H groups in total. The van der Waals surface area contributed by atoms with Gasteiger partial charge in [-0.05, 0) is 24.6 Å². The van der Waals surface area contributed by atoms with Gasteiger partial charge >= 0.3 is 0 Å². The zero-order valence-corrected chi connectivity index (χ0v) is 8.36. The summed E-state index contributed by atoms with van der Waals surface area (Å²) in [7, 11) is 0. The van der Waals surface area contributed by atoms with Crippen molar-refractivity contribution < 1.29 is 9.90 Å². The van der Waals surface area contributed by atoms with Crippen LogP contribution in [-0.2, 0) is 0 Å². The average Bonchev–Trinajstić information content (AvgIpc) is 2.20. The van der Waals surface area contributed by atoms with Crippen LogP contribution in [0.1, 0.15) is 16.8 Å². The standard InChI is InChI=1S/C10H15N3O2/c11-8-6-7(10(12)15)2-3-9(8)13-4-1-5-14/h2-3,6,13-14H,1,4-5,11H2,(H2,12,15). The van der Waals surface area contributed by atoms with Gasteiger partial charge in [-0.25, -0.2) is 0 Å². The van der Waals surface area contributed by atoms with Crippen molar-refractivity contribution in [3.63, 3.8) is 0 Å². The van der Waals surface area contributed by atoms with Crippen LogP contribution < -0.4 is 16.8 Å². The molecular formula is C10H15N3O2. The van der Waals surface area contributed by atoms with E-state index < -0.39 is 5.91 Å². The summed E-state index contributed by atoms with van der Waals surface area (Å²) < 4.78 is 0. The Labute approximate surface area is 88.1 Å². The summed E-state index contributed by atoms with van der Waals surface area (Å²) in [6.07, 6.45) is 0.650. The number of rotatable bonds is 5. The summed E-state index contributed by atoms with van der Waals surface area (Å²) in [6, 6.07) is 4.84. The maximum Gasteiger partial charge on any atom is 0.248 e. The van der Waals surface area contributed by atoms with Crippen molar-refractivity contribution in [2.75, 3.05) is 24.2 Å². The highest BCUT2D eigenvalue weighted by molar-refractivity contribution is 5.94. The van der Waals surface area contributed by atoms with Gasteiger partial charge in [0.2, 0.25) is 5.91 Å². The molecule has 82 valence electrons. The van der Waals surface area contributed by atoms with E-state index >= 15 is 0 Å². The lowest BCUT2D eigenvalue weighted by atomic mass is 10.1. The number of carbonyl (C=O) groups is 1. The van der Waals surface area contributed by atoms with Crippen molar-refractivity contribution in [1.82, 2.24) is 0 Å². The molecule has 0 fully saturated rings. The lowest BCUT2D eigenvalue weighted by Crippen LogP contribution is -2.12. The molecule has 5 nitrogen and oxygen atoms in total. The number of anilines is 2. The summed E-state index contributed by atoms with van der Waals surface area (Å²) in [5.74, 6) is -0.497. The third-order valence-corrected chi connectivity index (χ3v) is 1.99. The van der Waals surface area contributed by atoms with Crippen LogP contribution in [0.25, 0.3) is 0 Å². The third kappa shape index (κ3) is 3.14. The molecule has 1 aromatic carbocycles. The van der Waals surface area contributed by atoms with Gasteiger partial charge < -0.3 is 21.9 Å². The zero-order valence-electron chi connectivity index (χ0n) is 8.36. The van der Waals surface area contributed by atoms with Gasteiger partial charge in [0.25, 0.3) is 0 Å². The maximum atomic E-state index is 10.8. The second-order valence-corrected chi connectivity index (χ2v) is 3.17. The van der Waals surface area contributed by atoms with Crippen LogP contribution in [-0.4, -0.2) is 24.2 Å². The Bertz CT molecular complexity index is 353. The first-order chi connectivity index (χ1) is 7.15. The topological polar surface area (TPSA) is 101 Å². The molecule has 0 radical (unpaired) electrons. The predicted molar refractivity (Wildman–Crippen MR) is 59.6 cm³/mol. The molecule has 0 aromatic heterocycles. The number of hydrogen-bond donors (Lipinski definition) is 4. The van der Waals surface area contributed by atoms with Gasteiger partial charge in [-0.2, -0.15) is 0 Å². The summed E-state index contributed by atoms with van der Waals surface area (Å²) >= 11 is 0. The first kappa shape index (κ1) is 11.3. The Kier molecular flexibility index (Phi) is 3.93. The lowest BCUT2D eigenvalue weighted by molar-refractivity contribution is 0.100. The zero-order chi connectivity index (χ0) is 11.3. The lowest BCUT2D eigenvalue weighted by Gasteiger charge is -2.09. The van der Waals surface area contributed by atoms with Gasteiger partial charge in [0.1, 0.15) is 0 Å². The van der Waals surface area contributed by atoms with E-state index in [2.05, 4.69) is 5.32 Å².